The molecule has 32 heavy (non-hydrogen) atoms. The Kier molecular flexibility index (Phi) is 8.39. The van der Waals surface area contributed by atoms with E-state index in [1.165, 1.54) is 0 Å². The second-order valence-corrected chi connectivity index (χ2v) is 8.83. The quantitative estimate of drug-likeness (QED) is 0.425. The van der Waals surface area contributed by atoms with E-state index >= 15 is 0 Å². The Balaban J connectivity index is 1.67. The maximum atomic E-state index is 11.5. The standard InChI is InChI=1S/C25H29NO5S/c1-16(2)31-22(25(27)28)13-18-10-11-21(29-4)20(12-18)14-30-15-23-17(3)26-24(32-23)19-8-6-5-7-9-19/h5-12,16,22H,13-15H2,1-4H3,(H,27,28). The number of carboxylic acids is 1. The zero-order chi connectivity index (χ0) is 23.1. The molecule has 170 valence electrons. The van der Waals surface area contributed by atoms with E-state index in [4.69, 9.17) is 14.2 Å². The minimum atomic E-state index is -0.970. The second-order valence-electron chi connectivity index (χ2n) is 7.75. The SMILES string of the molecule is COc1ccc(CC(OC(C)C)C(=O)O)cc1COCc1sc(-c2ccccc2)nc1C. The van der Waals surface area contributed by atoms with Gasteiger partial charge in [-0.15, -0.1) is 11.3 Å². The Morgan fingerprint density at radius 3 is 2.53 bits per heavy atom. The molecule has 3 rings (SSSR count). The molecule has 0 bridgehead atoms. The van der Waals surface area contributed by atoms with Crippen molar-refractivity contribution in [1.29, 1.82) is 0 Å². The second kappa shape index (κ2) is 11.2. The lowest BCUT2D eigenvalue weighted by molar-refractivity contribution is -0.153. The highest BCUT2D eigenvalue weighted by molar-refractivity contribution is 7.15. The van der Waals surface area contributed by atoms with Crippen molar-refractivity contribution in [3.05, 3.63) is 70.2 Å². The van der Waals surface area contributed by atoms with Gasteiger partial charge in [0.25, 0.3) is 0 Å². The van der Waals surface area contributed by atoms with Crippen molar-refractivity contribution in [2.45, 2.75) is 52.6 Å². The highest BCUT2D eigenvalue weighted by Gasteiger charge is 2.21. The van der Waals surface area contributed by atoms with Crippen LogP contribution in [0.2, 0.25) is 0 Å². The number of methoxy groups -OCH3 is 1. The van der Waals surface area contributed by atoms with E-state index in [0.29, 0.717) is 19.0 Å². The number of benzene rings is 2. The summed E-state index contributed by atoms with van der Waals surface area (Å²) >= 11 is 1.63. The first-order chi connectivity index (χ1) is 15.4. The van der Waals surface area contributed by atoms with Gasteiger partial charge in [0.2, 0.25) is 0 Å². The number of nitrogens with zero attached hydrogens (tertiary/aromatic N) is 1. The average molecular weight is 456 g/mol. The van der Waals surface area contributed by atoms with E-state index in [9.17, 15) is 9.90 Å². The molecule has 3 aromatic rings. The van der Waals surface area contributed by atoms with Crippen molar-refractivity contribution >= 4 is 17.3 Å². The number of aromatic nitrogens is 1. The minimum Gasteiger partial charge on any atom is -0.496 e. The third-order valence-electron chi connectivity index (χ3n) is 4.88. The number of ether oxygens (including phenoxy) is 3. The fourth-order valence-electron chi connectivity index (χ4n) is 3.33. The molecule has 1 aromatic heterocycles. The van der Waals surface area contributed by atoms with Gasteiger partial charge in [-0.2, -0.15) is 0 Å². The molecule has 1 atom stereocenters. The summed E-state index contributed by atoms with van der Waals surface area (Å²) in [7, 11) is 1.61. The number of hydrogen-bond acceptors (Lipinski definition) is 6. The third kappa shape index (κ3) is 6.38. The van der Waals surface area contributed by atoms with E-state index < -0.39 is 12.1 Å². The molecule has 0 saturated carbocycles. The average Bonchev–Trinajstić information content (AvgIpc) is 3.14. The number of thiazole rings is 1. The fraction of sp³-hybridized carbons (Fsp3) is 0.360. The van der Waals surface area contributed by atoms with Crippen molar-refractivity contribution in [3.63, 3.8) is 0 Å². The van der Waals surface area contributed by atoms with Gasteiger partial charge < -0.3 is 19.3 Å². The molecule has 1 heterocycles. The smallest absolute Gasteiger partial charge is 0.333 e. The lowest BCUT2D eigenvalue weighted by Gasteiger charge is -2.17. The Labute approximate surface area is 192 Å². The number of aryl methyl sites for hydroxylation is 1. The van der Waals surface area contributed by atoms with Crippen LogP contribution in [0.4, 0.5) is 0 Å². The zero-order valence-electron chi connectivity index (χ0n) is 18.8. The van der Waals surface area contributed by atoms with E-state index in [-0.39, 0.29) is 12.5 Å². The van der Waals surface area contributed by atoms with Gasteiger partial charge in [0.1, 0.15) is 10.8 Å². The Morgan fingerprint density at radius 2 is 1.88 bits per heavy atom. The van der Waals surface area contributed by atoms with Crippen LogP contribution in [-0.2, 0) is 33.9 Å². The number of rotatable bonds is 11. The molecule has 1 unspecified atom stereocenters. The largest absolute Gasteiger partial charge is 0.496 e. The summed E-state index contributed by atoms with van der Waals surface area (Å²) in [6.07, 6.45) is -0.784. The van der Waals surface area contributed by atoms with Crippen LogP contribution in [0.1, 0.15) is 35.5 Å². The summed E-state index contributed by atoms with van der Waals surface area (Å²) in [5, 5.41) is 10.4. The van der Waals surface area contributed by atoms with E-state index in [2.05, 4.69) is 4.98 Å². The molecule has 7 heteroatoms. The summed E-state index contributed by atoms with van der Waals surface area (Å²) in [5.74, 6) is -0.265. The highest BCUT2D eigenvalue weighted by atomic mass is 32.1. The van der Waals surface area contributed by atoms with E-state index in [1.54, 1.807) is 18.4 Å². The molecule has 0 spiro atoms. The summed E-state index contributed by atoms with van der Waals surface area (Å²) < 4.78 is 17.0. The van der Waals surface area contributed by atoms with Gasteiger partial charge in [0, 0.05) is 17.5 Å². The fourth-order valence-corrected chi connectivity index (χ4v) is 4.33. The van der Waals surface area contributed by atoms with Crippen LogP contribution < -0.4 is 4.74 Å². The van der Waals surface area contributed by atoms with Crippen LogP contribution in [-0.4, -0.2) is 35.4 Å². The summed E-state index contributed by atoms with van der Waals surface area (Å²) in [4.78, 5) is 17.3. The Morgan fingerprint density at radius 1 is 1.12 bits per heavy atom. The Hall–Kier alpha value is -2.74. The predicted octanol–water partition coefficient (Wildman–Crippen LogP) is 5.26. The normalized spacial score (nSPS) is 12.2. The van der Waals surface area contributed by atoms with Gasteiger partial charge >= 0.3 is 5.97 Å². The van der Waals surface area contributed by atoms with Gasteiger partial charge in [-0.1, -0.05) is 36.4 Å². The van der Waals surface area contributed by atoms with Crippen LogP contribution in [0, 0.1) is 6.92 Å². The minimum absolute atomic E-state index is 0.166. The summed E-state index contributed by atoms with van der Waals surface area (Å²) in [6.45, 7) is 6.43. The first-order valence-corrected chi connectivity index (χ1v) is 11.3. The van der Waals surface area contributed by atoms with Gasteiger partial charge in [0.05, 0.1) is 37.0 Å². The number of aliphatic carboxylic acids is 1. The van der Waals surface area contributed by atoms with Gasteiger partial charge in [-0.05, 0) is 38.5 Å². The van der Waals surface area contributed by atoms with Crippen LogP contribution in [0.25, 0.3) is 10.6 Å². The van der Waals surface area contributed by atoms with Crippen molar-refractivity contribution in [3.8, 4) is 16.3 Å². The lowest BCUT2D eigenvalue weighted by atomic mass is 10.0. The van der Waals surface area contributed by atoms with Crippen molar-refractivity contribution in [2.24, 2.45) is 0 Å². The molecule has 0 aliphatic rings. The topological polar surface area (TPSA) is 77.9 Å². The van der Waals surface area contributed by atoms with Gasteiger partial charge in [-0.25, -0.2) is 9.78 Å². The van der Waals surface area contributed by atoms with Crippen molar-refractivity contribution in [1.82, 2.24) is 4.98 Å². The molecule has 0 amide bonds. The molecule has 6 nitrogen and oxygen atoms in total. The predicted molar refractivity (Wildman–Crippen MR) is 125 cm³/mol. The number of hydrogen-bond donors (Lipinski definition) is 1. The van der Waals surface area contributed by atoms with E-state index in [0.717, 1.165) is 32.3 Å². The molecule has 2 aromatic carbocycles. The lowest BCUT2D eigenvalue weighted by Crippen LogP contribution is -2.29. The zero-order valence-corrected chi connectivity index (χ0v) is 19.6. The molecule has 0 saturated heterocycles. The molecular formula is C25H29NO5S. The first-order valence-electron chi connectivity index (χ1n) is 10.5. The molecule has 0 aliphatic carbocycles. The molecular weight excluding hydrogens is 426 g/mol. The maximum Gasteiger partial charge on any atom is 0.333 e. The summed E-state index contributed by atoms with van der Waals surface area (Å²) in [5.41, 5.74) is 3.78. The van der Waals surface area contributed by atoms with Crippen LogP contribution in [0.5, 0.6) is 5.75 Å². The van der Waals surface area contributed by atoms with Crippen LogP contribution in [0.3, 0.4) is 0 Å². The summed E-state index contributed by atoms with van der Waals surface area (Å²) in [6, 6.07) is 15.7. The molecule has 0 radical (unpaired) electrons. The first kappa shape index (κ1) is 23.9. The van der Waals surface area contributed by atoms with Gasteiger partial charge in [-0.3, -0.25) is 0 Å². The maximum absolute atomic E-state index is 11.5. The van der Waals surface area contributed by atoms with Crippen molar-refractivity contribution < 1.29 is 24.1 Å². The third-order valence-corrected chi connectivity index (χ3v) is 6.06. The number of carbonyl (C=O) groups is 1. The Bertz CT molecular complexity index is 1030. The van der Waals surface area contributed by atoms with Gasteiger partial charge in [0.15, 0.2) is 6.10 Å². The van der Waals surface area contributed by atoms with Crippen LogP contribution >= 0.6 is 11.3 Å². The molecule has 1 N–H and O–H groups in total. The molecule has 0 fully saturated rings. The highest BCUT2D eigenvalue weighted by Crippen LogP contribution is 2.29. The van der Waals surface area contributed by atoms with E-state index in [1.807, 2.05) is 69.3 Å². The van der Waals surface area contributed by atoms with Crippen molar-refractivity contribution in [2.75, 3.05) is 7.11 Å². The number of carboxylic acid groups (broad SMARTS) is 1. The molecule has 0 aliphatic heterocycles. The van der Waals surface area contributed by atoms with Crippen LogP contribution in [0.15, 0.2) is 48.5 Å². The monoisotopic (exact) mass is 455 g/mol.